The van der Waals surface area contributed by atoms with E-state index in [0.717, 1.165) is 48.1 Å². The van der Waals surface area contributed by atoms with Crippen molar-refractivity contribution >= 4 is 46.7 Å². The van der Waals surface area contributed by atoms with Gasteiger partial charge < -0.3 is 15.5 Å². The largest absolute Gasteiger partial charge is 0.496 e. The van der Waals surface area contributed by atoms with Gasteiger partial charge in [-0.05, 0) is 44.4 Å². The Morgan fingerprint density at radius 3 is 2.78 bits per heavy atom. The lowest BCUT2D eigenvalue weighted by atomic mass is 9.98. The van der Waals surface area contributed by atoms with Crippen LogP contribution in [0.2, 0.25) is 5.15 Å². The number of aryl methyl sites for hydroxylation is 1. The summed E-state index contributed by atoms with van der Waals surface area (Å²) in [7, 11) is 1.61. The van der Waals surface area contributed by atoms with Crippen LogP contribution in [0, 0.1) is 19.8 Å². The molecular formula is C27H29ClN6O3. The van der Waals surface area contributed by atoms with Crippen molar-refractivity contribution in [2.24, 2.45) is 5.92 Å². The smallest absolute Gasteiger partial charge is 0.260 e. The van der Waals surface area contributed by atoms with Crippen molar-refractivity contribution in [2.75, 3.05) is 17.7 Å². The van der Waals surface area contributed by atoms with E-state index in [9.17, 15) is 9.59 Å². The number of amides is 1. The highest BCUT2D eigenvalue weighted by atomic mass is 35.5. The number of carbonyl (C=O) groups is 2. The van der Waals surface area contributed by atoms with Crippen LogP contribution in [0.3, 0.4) is 0 Å². The molecule has 1 aliphatic heterocycles. The van der Waals surface area contributed by atoms with Gasteiger partial charge in [-0.15, -0.1) is 0 Å². The van der Waals surface area contributed by atoms with Crippen molar-refractivity contribution in [3.8, 4) is 5.75 Å². The third kappa shape index (κ3) is 4.71. The molecule has 10 heteroatoms. The Hall–Kier alpha value is -3.72. The zero-order valence-electron chi connectivity index (χ0n) is 21.1. The Labute approximate surface area is 220 Å². The van der Waals surface area contributed by atoms with Crippen LogP contribution in [0.5, 0.6) is 5.75 Å². The molecular weight excluding hydrogens is 492 g/mol. The van der Waals surface area contributed by atoms with E-state index in [4.69, 9.17) is 22.1 Å². The first-order chi connectivity index (χ1) is 17.8. The minimum Gasteiger partial charge on any atom is -0.496 e. The lowest BCUT2D eigenvalue weighted by Gasteiger charge is -2.19. The van der Waals surface area contributed by atoms with Crippen molar-refractivity contribution in [3.63, 3.8) is 0 Å². The number of fused-ring (bicyclic) bond motifs is 1. The molecule has 3 aromatic heterocycles. The normalized spacial score (nSPS) is 16.6. The zero-order chi connectivity index (χ0) is 26.3. The summed E-state index contributed by atoms with van der Waals surface area (Å²) in [6.07, 6.45) is 9.81. The standard InChI is InChI=1S/C27H29ClN6O3/c1-14-11-31-20(15(2)23(14)37-3)13-34-25-22(24(28)32-27(29)33-25)19(26(34)36)10-18-8-16(12-30-18)9-21(35)17-6-4-5-7-17/h8,10-12,17,30H,4-7,9,13H2,1-3H3,(H2,29,32,33)/b19-10-. The van der Waals surface area contributed by atoms with Gasteiger partial charge in [0.1, 0.15) is 16.7 Å². The SMILES string of the molecule is COc1c(C)cnc(CN2C(=O)/C(=C\c3cc(CC(=O)C4CCCC4)c[nH]3)c3c(Cl)nc(N)nc32)c1C. The minimum atomic E-state index is -0.296. The number of anilines is 2. The van der Waals surface area contributed by atoms with Crippen LogP contribution < -0.4 is 15.4 Å². The third-order valence-corrected chi connectivity index (χ3v) is 7.45. The van der Waals surface area contributed by atoms with E-state index in [1.165, 1.54) is 4.90 Å². The first-order valence-corrected chi connectivity index (χ1v) is 12.7. The van der Waals surface area contributed by atoms with Crippen LogP contribution in [-0.2, 0) is 22.6 Å². The number of nitrogen functional groups attached to an aromatic ring is 1. The van der Waals surface area contributed by atoms with Crippen molar-refractivity contribution < 1.29 is 14.3 Å². The molecule has 192 valence electrons. The molecule has 0 spiro atoms. The number of carbonyl (C=O) groups excluding carboxylic acids is 2. The van der Waals surface area contributed by atoms with Crippen LogP contribution >= 0.6 is 11.6 Å². The molecule has 0 radical (unpaired) electrons. The molecule has 9 nitrogen and oxygen atoms in total. The van der Waals surface area contributed by atoms with Crippen molar-refractivity contribution in [1.82, 2.24) is 19.9 Å². The van der Waals surface area contributed by atoms with Crippen LogP contribution in [0.15, 0.2) is 18.5 Å². The lowest BCUT2D eigenvalue weighted by molar-refractivity contribution is -0.122. The number of methoxy groups -OCH3 is 1. The Bertz CT molecular complexity index is 1420. The number of Topliss-reactive ketones (excluding diaryl/α,β-unsaturated/α-hetero) is 1. The topological polar surface area (TPSA) is 127 Å². The average Bonchev–Trinajstić information content (AvgIpc) is 3.59. The van der Waals surface area contributed by atoms with Gasteiger partial charge in [0.15, 0.2) is 5.82 Å². The highest BCUT2D eigenvalue weighted by Crippen LogP contribution is 2.41. The molecule has 37 heavy (non-hydrogen) atoms. The predicted molar refractivity (Wildman–Crippen MR) is 142 cm³/mol. The van der Waals surface area contributed by atoms with E-state index in [1.807, 2.05) is 26.1 Å². The maximum Gasteiger partial charge on any atom is 0.260 e. The quantitative estimate of drug-likeness (QED) is 0.348. The molecule has 0 bridgehead atoms. The maximum atomic E-state index is 13.7. The number of hydrogen-bond donors (Lipinski definition) is 2. The van der Waals surface area contributed by atoms with E-state index in [-0.39, 0.29) is 35.3 Å². The number of hydrogen-bond acceptors (Lipinski definition) is 7. The number of nitrogens with zero attached hydrogens (tertiary/aromatic N) is 4. The number of ether oxygens (including phenoxy) is 1. The summed E-state index contributed by atoms with van der Waals surface area (Å²) in [4.78, 5) is 43.9. The number of ketones is 1. The lowest BCUT2D eigenvalue weighted by Crippen LogP contribution is -2.27. The third-order valence-electron chi connectivity index (χ3n) is 7.18. The molecule has 1 aliphatic carbocycles. The molecule has 3 aromatic rings. The fourth-order valence-electron chi connectivity index (χ4n) is 5.27. The molecule has 4 heterocycles. The average molecular weight is 521 g/mol. The number of aromatic amines is 1. The van der Waals surface area contributed by atoms with Gasteiger partial charge in [-0.25, -0.2) is 4.98 Å². The second kappa shape index (κ2) is 9.97. The molecule has 1 amide bonds. The van der Waals surface area contributed by atoms with Gasteiger partial charge in [-0.2, -0.15) is 4.98 Å². The van der Waals surface area contributed by atoms with Crippen LogP contribution in [0.25, 0.3) is 11.6 Å². The number of pyridine rings is 1. The second-order valence-corrected chi connectivity index (χ2v) is 10.0. The highest BCUT2D eigenvalue weighted by Gasteiger charge is 2.37. The van der Waals surface area contributed by atoms with Crippen LogP contribution in [-0.4, -0.2) is 38.7 Å². The summed E-state index contributed by atoms with van der Waals surface area (Å²) >= 11 is 6.47. The number of aromatic nitrogens is 4. The number of rotatable bonds is 7. The Morgan fingerprint density at radius 2 is 2.05 bits per heavy atom. The Balaban J connectivity index is 1.47. The first-order valence-electron chi connectivity index (χ1n) is 12.3. The molecule has 2 aliphatic rings. The fraction of sp³-hybridized carbons (Fsp3) is 0.370. The van der Waals surface area contributed by atoms with E-state index in [2.05, 4.69) is 19.9 Å². The predicted octanol–water partition coefficient (Wildman–Crippen LogP) is 4.45. The van der Waals surface area contributed by atoms with E-state index in [1.54, 1.807) is 19.4 Å². The van der Waals surface area contributed by atoms with Crippen molar-refractivity contribution in [2.45, 2.75) is 52.5 Å². The molecule has 5 rings (SSSR count). The summed E-state index contributed by atoms with van der Waals surface area (Å²) < 4.78 is 5.53. The molecule has 0 unspecified atom stereocenters. The van der Waals surface area contributed by atoms with Gasteiger partial charge in [-0.3, -0.25) is 19.5 Å². The van der Waals surface area contributed by atoms with E-state index >= 15 is 0 Å². The second-order valence-electron chi connectivity index (χ2n) is 9.65. The van der Waals surface area contributed by atoms with Crippen LogP contribution in [0.4, 0.5) is 11.8 Å². The van der Waals surface area contributed by atoms with Gasteiger partial charge in [0.2, 0.25) is 5.95 Å². The Kier molecular flexibility index (Phi) is 6.72. The molecule has 3 N–H and O–H groups in total. The number of nitrogens with two attached hydrogens (primary N) is 1. The van der Waals surface area contributed by atoms with Gasteiger partial charge in [-0.1, -0.05) is 24.4 Å². The summed E-state index contributed by atoms with van der Waals surface area (Å²) in [6.45, 7) is 3.98. The molecule has 1 fully saturated rings. The zero-order valence-corrected chi connectivity index (χ0v) is 21.9. The number of halogens is 1. The van der Waals surface area contributed by atoms with Gasteiger partial charge in [0.05, 0.1) is 30.5 Å². The highest BCUT2D eigenvalue weighted by molar-refractivity contribution is 6.41. The van der Waals surface area contributed by atoms with E-state index in [0.29, 0.717) is 34.8 Å². The fourth-order valence-corrected chi connectivity index (χ4v) is 5.54. The van der Waals surface area contributed by atoms with Gasteiger partial charge >= 0.3 is 0 Å². The summed E-state index contributed by atoms with van der Waals surface area (Å²) in [5.41, 5.74) is 10.6. The number of H-pyrrole nitrogens is 1. The van der Waals surface area contributed by atoms with Crippen LogP contribution in [0.1, 0.15) is 59.3 Å². The van der Waals surface area contributed by atoms with Crippen molar-refractivity contribution in [3.05, 3.63) is 57.3 Å². The monoisotopic (exact) mass is 520 g/mol. The summed E-state index contributed by atoms with van der Waals surface area (Å²) in [5.74, 6) is 1.16. The van der Waals surface area contributed by atoms with E-state index < -0.39 is 0 Å². The Morgan fingerprint density at radius 1 is 1.30 bits per heavy atom. The van der Waals surface area contributed by atoms with Gasteiger partial charge in [0.25, 0.3) is 5.91 Å². The summed E-state index contributed by atoms with van der Waals surface area (Å²) in [5, 5.41) is 0.0963. The minimum absolute atomic E-state index is 0.0263. The maximum absolute atomic E-state index is 13.7. The molecule has 0 saturated heterocycles. The summed E-state index contributed by atoms with van der Waals surface area (Å²) in [6, 6.07) is 1.89. The number of nitrogens with one attached hydrogen (secondary N) is 1. The molecule has 1 saturated carbocycles. The first kappa shape index (κ1) is 25.0. The van der Waals surface area contributed by atoms with Gasteiger partial charge in [0, 0.05) is 41.6 Å². The molecule has 0 atom stereocenters. The molecule has 0 aromatic carbocycles. The van der Waals surface area contributed by atoms with Crippen molar-refractivity contribution in [1.29, 1.82) is 0 Å².